The van der Waals surface area contributed by atoms with E-state index >= 15 is 0 Å². The van der Waals surface area contributed by atoms with Crippen LogP contribution in [0.5, 0.6) is 0 Å². The second-order valence-electron chi connectivity index (χ2n) is 10.3. The Balaban J connectivity index is 1.45. The number of anilines is 1. The molecule has 4 rings (SSSR count). The number of hydrogen-bond acceptors (Lipinski definition) is 4. The molecule has 196 valence electrons. The Labute approximate surface area is 236 Å². The van der Waals surface area contributed by atoms with Crippen LogP contribution in [0.2, 0.25) is 10.0 Å². The second kappa shape index (κ2) is 12.6. The first kappa shape index (κ1) is 27.8. The quantitative estimate of drug-likeness (QED) is 0.355. The number of amides is 1. The van der Waals surface area contributed by atoms with Crippen LogP contribution >= 0.6 is 35.4 Å². The van der Waals surface area contributed by atoms with Gasteiger partial charge in [-0.05, 0) is 71.4 Å². The van der Waals surface area contributed by atoms with Gasteiger partial charge in [-0.2, -0.15) is 0 Å². The van der Waals surface area contributed by atoms with E-state index in [-0.39, 0.29) is 11.9 Å². The maximum Gasteiger partial charge on any atom is 0.223 e. The van der Waals surface area contributed by atoms with Gasteiger partial charge in [-0.1, -0.05) is 73.6 Å². The van der Waals surface area contributed by atoms with Gasteiger partial charge in [0.25, 0.3) is 0 Å². The molecule has 1 heterocycles. The molecular formula is C30H35Cl2N3OS. The van der Waals surface area contributed by atoms with Gasteiger partial charge in [0.1, 0.15) is 0 Å². The lowest BCUT2D eigenvalue weighted by Gasteiger charge is -2.38. The number of carbonyl (C=O) groups excluding carboxylic acids is 1. The zero-order chi connectivity index (χ0) is 26.5. The van der Waals surface area contributed by atoms with Crippen molar-refractivity contribution in [1.29, 1.82) is 0 Å². The predicted molar refractivity (Wildman–Crippen MR) is 161 cm³/mol. The van der Waals surface area contributed by atoms with E-state index in [4.69, 9.17) is 41.2 Å². The molecule has 0 bridgehead atoms. The Kier molecular flexibility index (Phi) is 9.46. The summed E-state index contributed by atoms with van der Waals surface area (Å²) in [4.78, 5) is 18.2. The van der Waals surface area contributed by atoms with Crippen molar-refractivity contribution >= 4 is 57.5 Å². The molecule has 4 nitrogen and oxygen atoms in total. The number of carbonyl (C=O) groups is 1. The Morgan fingerprint density at radius 2 is 1.84 bits per heavy atom. The van der Waals surface area contributed by atoms with E-state index in [2.05, 4.69) is 55.2 Å². The number of halogens is 2. The summed E-state index contributed by atoms with van der Waals surface area (Å²) in [5, 5.41) is 1.22. The van der Waals surface area contributed by atoms with Crippen molar-refractivity contribution in [2.45, 2.75) is 45.6 Å². The van der Waals surface area contributed by atoms with Crippen LogP contribution < -0.4 is 10.6 Å². The van der Waals surface area contributed by atoms with Crippen molar-refractivity contribution in [2.75, 3.05) is 31.1 Å². The molecular weight excluding hydrogens is 521 g/mol. The maximum atomic E-state index is 12.9. The van der Waals surface area contributed by atoms with Crippen LogP contribution in [0.1, 0.15) is 55.8 Å². The van der Waals surface area contributed by atoms with Gasteiger partial charge in [0, 0.05) is 65.7 Å². The zero-order valence-electron chi connectivity index (χ0n) is 21.6. The zero-order valence-corrected chi connectivity index (χ0v) is 23.9. The first-order valence-electron chi connectivity index (χ1n) is 13.0. The van der Waals surface area contributed by atoms with E-state index in [0.717, 1.165) is 53.1 Å². The molecule has 37 heavy (non-hydrogen) atoms. The van der Waals surface area contributed by atoms with Crippen LogP contribution in [0.3, 0.4) is 0 Å². The monoisotopic (exact) mass is 555 g/mol. The van der Waals surface area contributed by atoms with E-state index < -0.39 is 0 Å². The standard InChI is InChI=1S/C30H35Cl2N3OS/c1-20(2)16-28(33)26-18-23(22-4-3-5-25(37)17-22)7-10-29(26)34-12-14-35(15-13-34)30(36)11-8-21-6-9-24(31)19-27(21)32/h3-4,6-7,9-10,17-20,28H,5,8,11-16,33H2,1-2H3. The third-order valence-electron chi connectivity index (χ3n) is 7.01. The summed E-state index contributed by atoms with van der Waals surface area (Å²) in [6.07, 6.45) is 9.13. The highest BCUT2D eigenvalue weighted by atomic mass is 35.5. The van der Waals surface area contributed by atoms with Crippen molar-refractivity contribution in [3.8, 4) is 0 Å². The second-order valence-corrected chi connectivity index (χ2v) is 11.7. The smallest absolute Gasteiger partial charge is 0.223 e. The van der Waals surface area contributed by atoms with Crippen molar-refractivity contribution in [2.24, 2.45) is 11.7 Å². The van der Waals surface area contributed by atoms with Gasteiger partial charge in [0.05, 0.1) is 0 Å². The minimum Gasteiger partial charge on any atom is -0.368 e. The molecule has 1 saturated heterocycles. The predicted octanol–water partition coefficient (Wildman–Crippen LogP) is 7.03. The van der Waals surface area contributed by atoms with E-state index in [1.54, 1.807) is 6.07 Å². The van der Waals surface area contributed by atoms with Crippen LogP contribution in [0.4, 0.5) is 5.69 Å². The van der Waals surface area contributed by atoms with Crippen LogP contribution in [0.25, 0.3) is 5.57 Å². The van der Waals surface area contributed by atoms with Crippen LogP contribution in [0, 0.1) is 5.92 Å². The number of rotatable bonds is 8. The molecule has 7 heteroatoms. The lowest BCUT2D eigenvalue weighted by molar-refractivity contribution is -0.131. The molecule has 1 fully saturated rings. The van der Waals surface area contributed by atoms with Gasteiger partial charge < -0.3 is 15.5 Å². The van der Waals surface area contributed by atoms with Gasteiger partial charge in [-0.25, -0.2) is 0 Å². The molecule has 1 aliphatic heterocycles. The lowest BCUT2D eigenvalue weighted by atomic mass is 9.91. The number of allylic oxidation sites excluding steroid dienone is 4. The summed E-state index contributed by atoms with van der Waals surface area (Å²) < 4.78 is 0. The minimum absolute atomic E-state index is 0.0566. The Hall–Kier alpha value is -2.18. The summed E-state index contributed by atoms with van der Waals surface area (Å²) in [5.41, 5.74) is 12.3. The van der Waals surface area contributed by atoms with Gasteiger partial charge in [0.15, 0.2) is 0 Å². The Morgan fingerprint density at radius 1 is 1.08 bits per heavy atom. The summed E-state index contributed by atoms with van der Waals surface area (Å²) in [5.74, 6) is 0.654. The average molecular weight is 557 g/mol. The molecule has 1 aliphatic carbocycles. The summed E-state index contributed by atoms with van der Waals surface area (Å²) in [6.45, 7) is 7.35. The molecule has 1 atom stereocenters. The van der Waals surface area contributed by atoms with E-state index in [0.29, 0.717) is 41.9 Å². The van der Waals surface area contributed by atoms with E-state index in [1.165, 1.54) is 5.69 Å². The largest absolute Gasteiger partial charge is 0.368 e. The number of thiocarbonyl (C=S) groups is 1. The highest BCUT2D eigenvalue weighted by molar-refractivity contribution is 7.80. The third-order valence-corrected chi connectivity index (χ3v) is 7.89. The van der Waals surface area contributed by atoms with E-state index in [9.17, 15) is 4.79 Å². The van der Waals surface area contributed by atoms with Crippen molar-refractivity contribution in [3.63, 3.8) is 0 Å². The third kappa shape index (κ3) is 7.23. The van der Waals surface area contributed by atoms with Crippen LogP contribution in [-0.2, 0) is 11.2 Å². The van der Waals surface area contributed by atoms with Crippen molar-refractivity contribution in [3.05, 3.63) is 81.4 Å². The molecule has 0 aromatic heterocycles. The molecule has 2 aromatic rings. The number of piperazine rings is 1. The first-order valence-corrected chi connectivity index (χ1v) is 14.2. The molecule has 0 saturated carbocycles. The normalized spacial score (nSPS) is 16.8. The van der Waals surface area contributed by atoms with Crippen molar-refractivity contribution < 1.29 is 4.79 Å². The first-order chi connectivity index (χ1) is 17.7. The summed E-state index contributed by atoms with van der Waals surface area (Å²) in [7, 11) is 0. The number of benzene rings is 2. The number of nitrogens with two attached hydrogens (primary N) is 1. The highest BCUT2D eigenvalue weighted by Crippen LogP contribution is 2.33. The lowest BCUT2D eigenvalue weighted by Crippen LogP contribution is -2.49. The number of nitrogens with zero attached hydrogens (tertiary/aromatic N) is 2. The summed E-state index contributed by atoms with van der Waals surface area (Å²) >= 11 is 17.7. The van der Waals surface area contributed by atoms with Crippen LogP contribution in [0.15, 0.2) is 54.6 Å². The molecule has 2 N–H and O–H groups in total. The number of aryl methyl sites for hydroxylation is 1. The topological polar surface area (TPSA) is 49.6 Å². The fourth-order valence-corrected chi connectivity index (χ4v) is 5.76. The molecule has 2 aromatic carbocycles. The fourth-order valence-electron chi connectivity index (χ4n) is 5.04. The van der Waals surface area contributed by atoms with Gasteiger partial charge >= 0.3 is 0 Å². The molecule has 2 aliphatic rings. The van der Waals surface area contributed by atoms with Gasteiger partial charge in [-0.3, -0.25) is 4.79 Å². The fraction of sp³-hybridized carbons (Fsp3) is 0.400. The van der Waals surface area contributed by atoms with Crippen molar-refractivity contribution in [1.82, 2.24) is 4.90 Å². The molecule has 0 radical (unpaired) electrons. The molecule has 1 amide bonds. The maximum absolute atomic E-state index is 12.9. The Bertz CT molecular complexity index is 1220. The van der Waals surface area contributed by atoms with Gasteiger partial charge in [0.2, 0.25) is 5.91 Å². The molecule has 0 spiro atoms. The highest BCUT2D eigenvalue weighted by Gasteiger charge is 2.25. The minimum atomic E-state index is -0.0566. The SMILES string of the molecule is CC(C)CC(N)c1cc(C2=CC(=S)CC=C2)ccc1N1CCN(C(=O)CCc2ccc(Cl)cc2Cl)CC1. The van der Waals surface area contributed by atoms with Crippen LogP contribution in [-0.4, -0.2) is 41.9 Å². The summed E-state index contributed by atoms with van der Waals surface area (Å²) in [6, 6.07) is 12.0. The van der Waals surface area contributed by atoms with Gasteiger partial charge in [-0.15, -0.1) is 0 Å². The average Bonchev–Trinajstić information content (AvgIpc) is 2.87. The van der Waals surface area contributed by atoms with E-state index in [1.807, 2.05) is 17.0 Å². The Morgan fingerprint density at radius 3 is 2.51 bits per heavy atom. The molecule has 1 unspecified atom stereocenters. The number of hydrogen-bond donors (Lipinski definition) is 1.